The number of hydrogen-bond acceptors (Lipinski definition) is 5. The number of esters is 1. The maximum Gasteiger partial charge on any atom is 0.338 e. The number of hydrogen-bond donors (Lipinski definition) is 0. The molecule has 156 valence electrons. The van der Waals surface area contributed by atoms with Gasteiger partial charge in [-0.15, -0.1) is 0 Å². The highest BCUT2D eigenvalue weighted by molar-refractivity contribution is 7.89. The molecule has 0 radical (unpaired) electrons. The van der Waals surface area contributed by atoms with Gasteiger partial charge in [-0.1, -0.05) is 32.4 Å². The van der Waals surface area contributed by atoms with Gasteiger partial charge in [0.15, 0.2) is 6.61 Å². The summed E-state index contributed by atoms with van der Waals surface area (Å²) in [4.78, 5) is 26.1. The van der Waals surface area contributed by atoms with Crippen LogP contribution in [0.2, 0.25) is 5.02 Å². The van der Waals surface area contributed by atoms with E-state index in [9.17, 15) is 18.0 Å². The van der Waals surface area contributed by atoms with E-state index in [1.165, 1.54) is 22.5 Å². The molecule has 28 heavy (non-hydrogen) atoms. The van der Waals surface area contributed by atoms with Gasteiger partial charge in [0, 0.05) is 26.2 Å². The number of halogens is 1. The van der Waals surface area contributed by atoms with Gasteiger partial charge in [0.1, 0.15) is 4.90 Å². The van der Waals surface area contributed by atoms with Gasteiger partial charge in [-0.3, -0.25) is 4.79 Å². The fourth-order valence-corrected chi connectivity index (χ4v) is 5.05. The van der Waals surface area contributed by atoms with Crippen molar-refractivity contribution in [1.82, 2.24) is 9.21 Å². The Labute approximate surface area is 171 Å². The van der Waals surface area contributed by atoms with Gasteiger partial charge in [-0.25, -0.2) is 13.2 Å². The molecule has 0 aliphatic carbocycles. The Hall–Kier alpha value is -1.64. The van der Waals surface area contributed by atoms with Crippen LogP contribution in [-0.2, 0) is 19.6 Å². The van der Waals surface area contributed by atoms with Crippen LogP contribution in [0.5, 0.6) is 0 Å². The Morgan fingerprint density at radius 2 is 1.82 bits per heavy atom. The average molecular weight is 431 g/mol. The number of rotatable bonds is 7. The predicted octanol–water partition coefficient (Wildman–Crippen LogP) is 2.79. The highest BCUT2D eigenvalue weighted by atomic mass is 35.5. The van der Waals surface area contributed by atoms with Gasteiger partial charge in [-0.05, 0) is 37.0 Å². The topological polar surface area (TPSA) is 84.0 Å². The lowest BCUT2D eigenvalue weighted by Crippen LogP contribution is -2.40. The van der Waals surface area contributed by atoms with Crippen molar-refractivity contribution in [2.24, 2.45) is 5.92 Å². The van der Waals surface area contributed by atoms with Crippen LogP contribution in [0.3, 0.4) is 0 Å². The molecule has 0 spiro atoms. The molecule has 2 rings (SSSR count). The molecule has 7 nitrogen and oxygen atoms in total. The summed E-state index contributed by atoms with van der Waals surface area (Å²) in [6.45, 7) is 7.11. The molecule has 1 saturated heterocycles. The molecular weight excluding hydrogens is 404 g/mol. The Bertz CT molecular complexity index is 816. The van der Waals surface area contributed by atoms with E-state index in [0.717, 1.165) is 12.8 Å². The molecule has 0 saturated carbocycles. The molecule has 0 aromatic heterocycles. The number of benzene rings is 1. The van der Waals surface area contributed by atoms with Crippen LogP contribution < -0.4 is 0 Å². The number of nitrogens with zero attached hydrogens (tertiary/aromatic N) is 2. The van der Waals surface area contributed by atoms with E-state index in [-0.39, 0.29) is 41.1 Å². The number of likely N-dealkylation sites (tertiary alicyclic amines) is 1. The second-order valence-electron chi connectivity index (χ2n) is 6.87. The van der Waals surface area contributed by atoms with Gasteiger partial charge in [0.2, 0.25) is 10.0 Å². The predicted molar refractivity (Wildman–Crippen MR) is 107 cm³/mol. The highest BCUT2D eigenvalue weighted by Crippen LogP contribution is 2.26. The third kappa shape index (κ3) is 5.24. The van der Waals surface area contributed by atoms with E-state index in [0.29, 0.717) is 19.0 Å². The molecule has 1 aliphatic rings. The number of amides is 1. The van der Waals surface area contributed by atoms with Crippen LogP contribution in [-0.4, -0.2) is 62.3 Å². The zero-order valence-electron chi connectivity index (χ0n) is 16.5. The number of piperidine rings is 1. The maximum absolute atomic E-state index is 12.7. The lowest BCUT2D eigenvalue weighted by Gasteiger charge is -2.30. The zero-order chi connectivity index (χ0) is 20.9. The SMILES string of the molecule is CCN(CC)S(=O)(=O)c1cc(C(=O)OCC(=O)N2CCC(C)CC2)ccc1Cl. The highest BCUT2D eigenvalue weighted by Gasteiger charge is 2.26. The van der Waals surface area contributed by atoms with Gasteiger partial charge < -0.3 is 9.64 Å². The van der Waals surface area contributed by atoms with Crippen LogP contribution in [0.1, 0.15) is 44.0 Å². The molecular formula is C19H27ClN2O5S. The zero-order valence-corrected chi connectivity index (χ0v) is 18.1. The lowest BCUT2D eigenvalue weighted by atomic mass is 9.99. The number of carbonyl (C=O) groups is 2. The molecule has 1 amide bonds. The van der Waals surface area contributed by atoms with Crippen molar-refractivity contribution in [2.45, 2.75) is 38.5 Å². The van der Waals surface area contributed by atoms with E-state index < -0.39 is 16.0 Å². The van der Waals surface area contributed by atoms with Crippen molar-refractivity contribution in [3.05, 3.63) is 28.8 Å². The Kier molecular flexibility index (Phi) is 7.86. The molecule has 1 aromatic carbocycles. The number of carbonyl (C=O) groups excluding carboxylic acids is 2. The number of sulfonamides is 1. The molecule has 1 fully saturated rings. The summed E-state index contributed by atoms with van der Waals surface area (Å²) in [6, 6.07) is 3.94. The maximum atomic E-state index is 12.7. The smallest absolute Gasteiger partial charge is 0.338 e. The van der Waals surface area contributed by atoms with Crippen LogP contribution in [0.15, 0.2) is 23.1 Å². The van der Waals surface area contributed by atoms with Crippen molar-refractivity contribution in [3.63, 3.8) is 0 Å². The fraction of sp³-hybridized carbons (Fsp3) is 0.579. The lowest BCUT2D eigenvalue weighted by molar-refractivity contribution is -0.135. The minimum atomic E-state index is -3.82. The quantitative estimate of drug-likeness (QED) is 0.621. The fourth-order valence-electron chi connectivity index (χ4n) is 3.09. The second kappa shape index (κ2) is 9.71. The van der Waals surface area contributed by atoms with E-state index in [1.54, 1.807) is 18.7 Å². The standard InChI is InChI=1S/C19H27ClN2O5S/c1-4-22(5-2)28(25,26)17-12-15(6-7-16(17)20)19(24)27-13-18(23)21-10-8-14(3)9-11-21/h6-7,12,14H,4-5,8-11,13H2,1-3H3. The summed E-state index contributed by atoms with van der Waals surface area (Å²) in [6.07, 6.45) is 1.87. The third-order valence-corrected chi connectivity index (χ3v) is 7.48. The number of ether oxygens (including phenoxy) is 1. The van der Waals surface area contributed by atoms with Gasteiger partial charge >= 0.3 is 5.97 Å². The van der Waals surface area contributed by atoms with E-state index in [4.69, 9.17) is 16.3 Å². The van der Waals surface area contributed by atoms with Crippen molar-refractivity contribution < 1.29 is 22.7 Å². The first kappa shape index (κ1) is 22.6. The summed E-state index contributed by atoms with van der Waals surface area (Å²) < 4.78 is 31.8. The minimum Gasteiger partial charge on any atom is -0.452 e. The Morgan fingerprint density at radius 3 is 2.39 bits per heavy atom. The second-order valence-corrected chi connectivity index (χ2v) is 9.19. The summed E-state index contributed by atoms with van der Waals surface area (Å²) in [5.41, 5.74) is 0.0372. The molecule has 0 N–H and O–H groups in total. The molecule has 1 aromatic rings. The normalized spacial score (nSPS) is 15.7. The first-order chi connectivity index (χ1) is 13.2. The Balaban J connectivity index is 2.09. The third-order valence-electron chi connectivity index (χ3n) is 4.95. The Morgan fingerprint density at radius 1 is 1.21 bits per heavy atom. The minimum absolute atomic E-state index is 0.0296. The first-order valence-corrected chi connectivity index (χ1v) is 11.3. The molecule has 1 heterocycles. The van der Waals surface area contributed by atoms with E-state index in [1.807, 2.05) is 0 Å². The van der Waals surface area contributed by atoms with E-state index in [2.05, 4.69) is 6.92 Å². The van der Waals surface area contributed by atoms with Crippen molar-refractivity contribution >= 4 is 33.5 Å². The van der Waals surface area contributed by atoms with Crippen LogP contribution in [0.4, 0.5) is 0 Å². The molecule has 0 atom stereocenters. The van der Waals surface area contributed by atoms with Crippen molar-refractivity contribution in [1.29, 1.82) is 0 Å². The molecule has 0 unspecified atom stereocenters. The van der Waals surface area contributed by atoms with Gasteiger partial charge in [0.05, 0.1) is 10.6 Å². The monoisotopic (exact) mass is 430 g/mol. The molecule has 0 bridgehead atoms. The summed E-state index contributed by atoms with van der Waals surface area (Å²) in [5.74, 6) is -0.413. The van der Waals surface area contributed by atoms with Crippen LogP contribution in [0.25, 0.3) is 0 Å². The van der Waals surface area contributed by atoms with Gasteiger partial charge in [-0.2, -0.15) is 4.31 Å². The van der Waals surface area contributed by atoms with Crippen molar-refractivity contribution in [2.75, 3.05) is 32.8 Å². The van der Waals surface area contributed by atoms with E-state index >= 15 is 0 Å². The average Bonchev–Trinajstić information content (AvgIpc) is 2.67. The summed E-state index contributed by atoms with van der Waals surface area (Å²) >= 11 is 6.07. The van der Waals surface area contributed by atoms with Crippen LogP contribution in [0, 0.1) is 5.92 Å². The van der Waals surface area contributed by atoms with Crippen molar-refractivity contribution in [3.8, 4) is 0 Å². The van der Waals surface area contributed by atoms with Crippen LogP contribution >= 0.6 is 11.6 Å². The first-order valence-electron chi connectivity index (χ1n) is 9.45. The summed E-state index contributed by atoms with van der Waals surface area (Å²) in [7, 11) is -3.82. The van der Waals surface area contributed by atoms with Gasteiger partial charge in [0.25, 0.3) is 5.91 Å². The molecule has 1 aliphatic heterocycles. The largest absolute Gasteiger partial charge is 0.452 e. The summed E-state index contributed by atoms with van der Waals surface area (Å²) in [5, 5.41) is 0.0296. The molecule has 9 heteroatoms.